The Morgan fingerprint density at radius 2 is 2.24 bits per heavy atom. The monoisotopic (exact) mass is 327 g/mol. The first-order chi connectivity index (χ1) is 10.1. The molecule has 0 aliphatic carbocycles. The number of hydrogen-bond acceptors (Lipinski definition) is 5. The summed E-state index contributed by atoms with van der Waals surface area (Å²) < 4.78 is 0.699. The van der Waals surface area contributed by atoms with Crippen molar-refractivity contribution in [1.29, 1.82) is 0 Å². The van der Waals surface area contributed by atoms with Crippen molar-refractivity contribution in [2.75, 3.05) is 18.8 Å². The zero-order chi connectivity index (χ0) is 15.7. The molecule has 0 unspecified atom stereocenters. The number of nitrogens with zero attached hydrogens (tertiary/aromatic N) is 2. The highest BCUT2D eigenvalue weighted by molar-refractivity contribution is 8.23. The number of amides is 2. The van der Waals surface area contributed by atoms with Crippen molar-refractivity contribution < 1.29 is 9.59 Å². The van der Waals surface area contributed by atoms with E-state index in [0.29, 0.717) is 22.9 Å². The van der Waals surface area contributed by atoms with Gasteiger partial charge in [-0.25, -0.2) is 0 Å². The predicted molar refractivity (Wildman–Crippen MR) is 91.6 cm³/mol. The molecule has 5 nitrogen and oxygen atoms in total. The van der Waals surface area contributed by atoms with Gasteiger partial charge in [0.2, 0.25) is 11.8 Å². The molecule has 0 aromatic rings. The van der Waals surface area contributed by atoms with Gasteiger partial charge in [-0.05, 0) is 26.5 Å². The Labute approximate surface area is 135 Å². The Kier molecular flexibility index (Phi) is 8.22. The van der Waals surface area contributed by atoms with Crippen LogP contribution in [-0.2, 0) is 9.59 Å². The van der Waals surface area contributed by atoms with Crippen molar-refractivity contribution in [3.05, 3.63) is 11.8 Å². The topological polar surface area (TPSA) is 61.8 Å². The van der Waals surface area contributed by atoms with Gasteiger partial charge in [-0.2, -0.15) is 0 Å². The molecule has 0 atom stereocenters. The molecule has 7 heteroatoms. The first-order valence-electron chi connectivity index (χ1n) is 6.94. The van der Waals surface area contributed by atoms with Crippen molar-refractivity contribution in [3.63, 3.8) is 0 Å². The molecule has 1 aliphatic heterocycles. The van der Waals surface area contributed by atoms with E-state index in [0.717, 1.165) is 31.6 Å². The van der Waals surface area contributed by atoms with Gasteiger partial charge >= 0.3 is 0 Å². The van der Waals surface area contributed by atoms with E-state index in [1.807, 2.05) is 0 Å². The molecule has 1 saturated heterocycles. The Morgan fingerprint density at radius 1 is 1.48 bits per heavy atom. The molecular weight excluding hydrogens is 306 g/mol. The fourth-order valence-corrected chi connectivity index (χ4v) is 3.11. The summed E-state index contributed by atoms with van der Waals surface area (Å²) in [5.41, 5.74) is 0.542. The fraction of sp³-hybridized carbons (Fsp3) is 0.571. The maximum absolute atomic E-state index is 11.9. The van der Waals surface area contributed by atoms with Crippen LogP contribution >= 0.6 is 24.0 Å². The molecule has 2 amide bonds. The molecule has 0 spiro atoms. The van der Waals surface area contributed by atoms with Crippen LogP contribution in [0.15, 0.2) is 16.8 Å². The Bertz CT molecular complexity index is 450. The number of unbranched alkanes of at least 4 members (excludes halogenated alkanes) is 2. The highest BCUT2D eigenvalue weighted by Gasteiger charge is 2.23. The van der Waals surface area contributed by atoms with Gasteiger partial charge in [0.25, 0.3) is 0 Å². The van der Waals surface area contributed by atoms with Gasteiger partial charge in [0.15, 0.2) is 0 Å². The van der Waals surface area contributed by atoms with Gasteiger partial charge in [-0.15, -0.1) is 0 Å². The fourth-order valence-electron chi connectivity index (χ4n) is 1.87. The molecule has 0 saturated carbocycles. The number of rotatable bonds is 8. The zero-order valence-electron chi connectivity index (χ0n) is 12.3. The third-order valence-corrected chi connectivity index (χ3v) is 4.49. The molecule has 1 fully saturated rings. The molecule has 0 aromatic heterocycles. The summed E-state index contributed by atoms with van der Waals surface area (Å²) >= 11 is 6.68. The van der Waals surface area contributed by atoms with Crippen molar-refractivity contribution in [2.45, 2.75) is 32.6 Å². The van der Waals surface area contributed by atoms with E-state index in [-0.39, 0.29) is 11.8 Å². The largest absolute Gasteiger partial charge is 0.352 e. The third-order valence-electron chi connectivity index (χ3n) is 3.06. The highest BCUT2D eigenvalue weighted by Crippen LogP contribution is 2.19. The van der Waals surface area contributed by atoms with Crippen LogP contribution in [0.2, 0.25) is 0 Å². The SMILES string of the molecule is C=N/C=C(/C)C(=O)NCCCCCC(=O)N1CCSC1=S. The summed E-state index contributed by atoms with van der Waals surface area (Å²) in [5, 5.41) is 2.80. The van der Waals surface area contributed by atoms with Gasteiger partial charge < -0.3 is 5.32 Å². The molecule has 0 bridgehead atoms. The van der Waals surface area contributed by atoms with E-state index < -0.39 is 0 Å². The standard InChI is InChI=1S/C14H21N3O2S2/c1-11(10-15-2)13(19)16-7-5-3-4-6-12(18)17-8-9-21-14(17)20/h10H,2-9H2,1H3,(H,16,19)/b11-10-. The number of carbonyl (C=O) groups is 2. The third kappa shape index (κ3) is 6.39. The summed E-state index contributed by atoms with van der Waals surface area (Å²) in [6, 6.07) is 0. The van der Waals surface area contributed by atoms with Crippen molar-refractivity contribution in [2.24, 2.45) is 4.99 Å². The molecule has 21 heavy (non-hydrogen) atoms. The number of nitrogens with one attached hydrogen (secondary N) is 1. The van der Waals surface area contributed by atoms with E-state index in [2.05, 4.69) is 17.0 Å². The van der Waals surface area contributed by atoms with E-state index in [4.69, 9.17) is 12.2 Å². The molecule has 0 aromatic carbocycles. The second-order valence-electron chi connectivity index (χ2n) is 4.72. The lowest BCUT2D eigenvalue weighted by atomic mass is 10.2. The Balaban J connectivity index is 2.08. The summed E-state index contributed by atoms with van der Waals surface area (Å²) in [6.45, 7) is 6.34. The van der Waals surface area contributed by atoms with Crippen LogP contribution in [0.5, 0.6) is 0 Å². The maximum Gasteiger partial charge on any atom is 0.248 e. The lowest BCUT2D eigenvalue weighted by Crippen LogP contribution is -2.30. The zero-order valence-corrected chi connectivity index (χ0v) is 13.9. The van der Waals surface area contributed by atoms with Crippen molar-refractivity contribution in [3.8, 4) is 0 Å². The molecule has 1 N–H and O–H groups in total. The number of aliphatic imine (C=N–C) groups is 1. The number of carbonyl (C=O) groups excluding carboxylic acids is 2. The average molecular weight is 327 g/mol. The van der Waals surface area contributed by atoms with Gasteiger partial charge in [-0.3, -0.25) is 19.5 Å². The Morgan fingerprint density at radius 3 is 2.86 bits per heavy atom. The summed E-state index contributed by atoms with van der Waals surface area (Å²) in [6.07, 6.45) is 4.54. The summed E-state index contributed by atoms with van der Waals surface area (Å²) in [7, 11) is 0. The van der Waals surface area contributed by atoms with Crippen LogP contribution in [0, 0.1) is 0 Å². The van der Waals surface area contributed by atoms with Crippen LogP contribution in [-0.4, -0.2) is 46.6 Å². The van der Waals surface area contributed by atoms with Gasteiger partial charge in [0.1, 0.15) is 4.32 Å². The van der Waals surface area contributed by atoms with Crippen LogP contribution in [0.1, 0.15) is 32.6 Å². The second kappa shape index (κ2) is 9.68. The van der Waals surface area contributed by atoms with Gasteiger partial charge in [0, 0.05) is 37.0 Å². The molecule has 1 aliphatic rings. The number of thioether (sulfide) groups is 1. The van der Waals surface area contributed by atoms with E-state index in [9.17, 15) is 9.59 Å². The maximum atomic E-state index is 11.9. The highest BCUT2D eigenvalue weighted by atomic mass is 32.2. The van der Waals surface area contributed by atoms with E-state index in [1.165, 1.54) is 6.20 Å². The van der Waals surface area contributed by atoms with Gasteiger partial charge in [-0.1, -0.05) is 30.4 Å². The summed E-state index contributed by atoms with van der Waals surface area (Å²) in [5.74, 6) is 0.894. The van der Waals surface area contributed by atoms with Crippen molar-refractivity contribution in [1.82, 2.24) is 10.2 Å². The normalized spacial score (nSPS) is 15.2. The molecular formula is C14H21N3O2S2. The second-order valence-corrected chi connectivity index (χ2v) is 6.45. The molecule has 1 rings (SSSR count). The molecule has 116 valence electrons. The quantitative estimate of drug-likeness (QED) is 0.321. The van der Waals surface area contributed by atoms with Crippen LogP contribution in [0.4, 0.5) is 0 Å². The summed E-state index contributed by atoms with van der Waals surface area (Å²) in [4.78, 5) is 28.7. The minimum Gasteiger partial charge on any atom is -0.352 e. The lowest BCUT2D eigenvalue weighted by molar-refractivity contribution is -0.127. The lowest BCUT2D eigenvalue weighted by Gasteiger charge is -2.14. The van der Waals surface area contributed by atoms with E-state index >= 15 is 0 Å². The predicted octanol–water partition coefficient (Wildman–Crippen LogP) is 2.13. The van der Waals surface area contributed by atoms with E-state index in [1.54, 1.807) is 23.6 Å². The van der Waals surface area contributed by atoms with Crippen molar-refractivity contribution >= 4 is 46.8 Å². The minimum atomic E-state index is -0.127. The van der Waals surface area contributed by atoms with Gasteiger partial charge in [0.05, 0.1) is 0 Å². The first kappa shape index (κ1) is 17.8. The molecule has 1 heterocycles. The number of thiocarbonyl (C=S) groups is 1. The van der Waals surface area contributed by atoms with Crippen LogP contribution < -0.4 is 5.32 Å². The smallest absolute Gasteiger partial charge is 0.248 e. The molecule has 0 radical (unpaired) electrons. The van der Waals surface area contributed by atoms with Crippen LogP contribution in [0.25, 0.3) is 0 Å². The van der Waals surface area contributed by atoms with Crippen LogP contribution in [0.3, 0.4) is 0 Å². The minimum absolute atomic E-state index is 0.116. The number of hydrogen-bond donors (Lipinski definition) is 1. The Hall–Kier alpha value is -1.21. The first-order valence-corrected chi connectivity index (χ1v) is 8.33. The average Bonchev–Trinajstić information content (AvgIpc) is 2.88.